The van der Waals surface area contributed by atoms with Crippen LogP contribution in [0.4, 0.5) is 16.6 Å². The molecule has 0 spiro atoms. The lowest BCUT2D eigenvalue weighted by Crippen LogP contribution is -2.03. The molecule has 140 valence electrons. The van der Waals surface area contributed by atoms with Crippen LogP contribution in [0.1, 0.15) is 10.6 Å². The molecule has 8 nitrogen and oxygen atoms in total. The number of hydrogen-bond donors (Lipinski definition) is 1. The minimum atomic E-state index is -0.559. The van der Waals surface area contributed by atoms with Crippen molar-refractivity contribution >= 4 is 38.7 Å². The van der Waals surface area contributed by atoms with Crippen LogP contribution in [-0.4, -0.2) is 19.9 Å². The summed E-state index contributed by atoms with van der Waals surface area (Å²) in [6, 6.07) is 13.1. The van der Waals surface area contributed by atoms with E-state index in [-0.39, 0.29) is 17.4 Å². The van der Waals surface area contributed by atoms with Gasteiger partial charge in [-0.1, -0.05) is 36.4 Å². The second-order valence-corrected chi connectivity index (χ2v) is 7.20. The van der Waals surface area contributed by atoms with Crippen LogP contribution in [0.2, 0.25) is 0 Å². The number of hydrogen-bond acceptors (Lipinski definition) is 8. The maximum absolute atomic E-state index is 11.7. The number of nitrogens with zero attached hydrogens (tertiary/aromatic N) is 4. The highest BCUT2D eigenvalue weighted by Crippen LogP contribution is 2.38. The van der Waals surface area contributed by atoms with Gasteiger partial charge in [0, 0.05) is 10.3 Å². The summed E-state index contributed by atoms with van der Waals surface area (Å²) in [5.74, 6) is 0.375. The molecular formula is C19H15N5O3S. The average Bonchev–Trinajstić information content (AvgIpc) is 2.99. The Morgan fingerprint density at radius 2 is 1.89 bits per heavy atom. The Bertz CT molecular complexity index is 1170. The van der Waals surface area contributed by atoms with Crippen LogP contribution >= 0.6 is 11.3 Å². The van der Waals surface area contributed by atoms with E-state index >= 15 is 0 Å². The molecule has 1 N–H and O–H groups in total. The molecule has 0 radical (unpaired) electrons. The predicted octanol–water partition coefficient (Wildman–Crippen LogP) is 5.15. The molecule has 9 heteroatoms. The number of rotatable bonds is 5. The Morgan fingerprint density at radius 1 is 1.11 bits per heavy atom. The summed E-state index contributed by atoms with van der Waals surface area (Å²) < 4.78 is 5.84. The largest absolute Gasteiger partial charge is 0.433 e. The van der Waals surface area contributed by atoms with Gasteiger partial charge in [-0.25, -0.2) is 9.97 Å². The number of anilines is 2. The zero-order valence-corrected chi connectivity index (χ0v) is 15.9. The fourth-order valence-electron chi connectivity index (χ4n) is 2.71. The van der Waals surface area contributed by atoms with Crippen molar-refractivity contribution in [2.24, 2.45) is 0 Å². The number of thiazole rings is 1. The van der Waals surface area contributed by atoms with Crippen molar-refractivity contribution in [2.75, 3.05) is 5.32 Å². The van der Waals surface area contributed by atoms with Crippen LogP contribution in [0.25, 0.3) is 10.8 Å². The van der Waals surface area contributed by atoms with E-state index < -0.39 is 4.92 Å². The van der Waals surface area contributed by atoms with Crippen LogP contribution < -0.4 is 10.1 Å². The van der Waals surface area contributed by atoms with E-state index in [9.17, 15) is 10.1 Å². The van der Waals surface area contributed by atoms with Crippen molar-refractivity contribution in [1.29, 1.82) is 0 Å². The normalized spacial score (nSPS) is 10.8. The number of benzene rings is 2. The molecule has 2 aromatic heterocycles. The minimum Gasteiger partial charge on any atom is -0.433 e. The van der Waals surface area contributed by atoms with Crippen LogP contribution in [0, 0.1) is 24.0 Å². The number of nitro groups is 1. The van der Waals surface area contributed by atoms with Gasteiger partial charge in [-0.15, -0.1) is 11.3 Å². The number of aromatic nitrogens is 3. The second kappa shape index (κ2) is 7.20. The smallest absolute Gasteiger partial charge is 0.373 e. The van der Waals surface area contributed by atoms with E-state index in [1.54, 1.807) is 6.07 Å². The monoisotopic (exact) mass is 393 g/mol. The van der Waals surface area contributed by atoms with Crippen LogP contribution in [-0.2, 0) is 0 Å². The van der Waals surface area contributed by atoms with Crippen molar-refractivity contribution in [3.05, 3.63) is 69.5 Å². The third-order valence-electron chi connectivity index (χ3n) is 4.18. The molecule has 0 aliphatic rings. The standard InChI is InChI=1S/C19H15N5O3S/c1-11-12(2)28-19(22-11)23-17-16(24(25)26)18(21-10-20-17)27-15-9-5-7-13-6-3-4-8-14(13)15/h3-10H,1-2H3,(H,20,21,22,23). The quantitative estimate of drug-likeness (QED) is 0.369. The van der Waals surface area contributed by atoms with Crippen molar-refractivity contribution in [3.63, 3.8) is 0 Å². The first-order valence-electron chi connectivity index (χ1n) is 8.39. The maximum atomic E-state index is 11.7. The molecule has 0 bridgehead atoms. The summed E-state index contributed by atoms with van der Waals surface area (Å²) in [4.78, 5) is 24.6. The highest BCUT2D eigenvalue weighted by molar-refractivity contribution is 7.15. The number of fused-ring (bicyclic) bond motifs is 1. The lowest BCUT2D eigenvalue weighted by molar-refractivity contribution is -0.385. The van der Waals surface area contributed by atoms with Gasteiger partial charge in [-0.05, 0) is 25.3 Å². The van der Waals surface area contributed by atoms with Crippen molar-refractivity contribution in [1.82, 2.24) is 15.0 Å². The summed E-state index contributed by atoms with van der Waals surface area (Å²) in [5.41, 5.74) is 0.511. The Morgan fingerprint density at radius 3 is 2.64 bits per heavy atom. The van der Waals surface area contributed by atoms with Gasteiger partial charge in [0.2, 0.25) is 5.82 Å². The van der Waals surface area contributed by atoms with Gasteiger partial charge >= 0.3 is 11.6 Å². The SMILES string of the molecule is Cc1nc(Nc2ncnc(Oc3cccc4ccccc34)c2[N+](=O)[O-])sc1C. The molecule has 4 rings (SSSR count). The van der Waals surface area contributed by atoms with E-state index in [0.29, 0.717) is 10.9 Å². The molecule has 4 aromatic rings. The molecule has 0 aliphatic heterocycles. The zero-order chi connectivity index (χ0) is 19.7. The zero-order valence-electron chi connectivity index (χ0n) is 15.0. The van der Waals surface area contributed by atoms with Crippen molar-refractivity contribution in [2.45, 2.75) is 13.8 Å². The molecule has 0 fully saturated rings. The van der Waals surface area contributed by atoms with Gasteiger partial charge in [-0.3, -0.25) is 10.1 Å². The summed E-state index contributed by atoms with van der Waals surface area (Å²) in [5, 5.41) is 17.0. The molecule has 0 saturated heterocycles. The summed E-state index contributed by atoms with van der Waals surface area (Å²) in [7, 11) is 0. The lowest BCUT2D eigenvalue weighted by atomic mass is 10.1. The highest BCUT2D eigenvalue weighted by atomic mass is 32.1. The Kier molecular flexibility index (Phi) is 4.58. The molecule has 0 atom stereocenters. The molecule has 2 heterocycles. The topological polar surface area (TPSA) is 103 Å². The van der Waals surface area contributed by atoms with Gasteiger partial charge in [0.15, 0.2) is 5.13 Å². The van der Waals surface area contributed by atoms with E-state index in [0.717, 1.165) is 21.3 Å². The Balaban J connectivity index is 1.75. The van der Waals surface area contributed by atoms with Gasteiger partial charge in [0.05, 0.1) is 10.6 Å². The molecular weight excluding hydrogens is 378 g/mol. The third kappa shape index (κ3) is 3.35. The molecule has 0 amide bonds. The Hall–Kier alpha value is -3.59. The molecule has 0 aliphatic carbocycles. The Labute approximate surface area is 164 Å². The second-order valence-electron chi connectivity index (χ2n) is 6.00. The summed E-state index contributed by atoms with van der Waals surface area (Å²) in [6.45, 7) is 3.81. The molecule has 0 unspecified atom stereocenters. The number of ether oxygens (including phenoxy) is 1. The fourth-order valence-corrected chi connectivity index (χ4v) is 3.52. The third-order valence-corrected chi connectivity index (χ3v) is 5.17. The highest BCUT2D eigenvalue weighted by Gasteiger charge is 2.26. The average molecular weight is 393 g/mol. The molecule has 28 heavy (non-hydrogen) atoms. The van der Waals surface area contributed by atoms with Crippen molar-refractivity contribution in [3.8, 4) is 11.6 Å². The fraction of sp³-hybridized carbons (Fsp3) is 0.105. The van der Waals surface area contributed by atoms with Crippen LogP contribution in [0.3, 0.4) is 0 Å². The van der Waals surface area contributed by atoms with Gasteiger partial charge in [-0.2, -0.15) is 4.98 Å². The maximum Gasteiger partial charge on any atom is 0.373 e. The van der Waals surface area contributed by atoms with Gasteiger partial charge < -0.3 is 10.1 Å². The van der Waals surface area contributed by atoms with E-state index in [1.165, 1.54) is 17.7 Å². The lowest BCUT2D eigenvalue weighted by Gasteiger charge is -2.10. The van der Waals surface area contributed by atoms with Crippen LogP contribution in [0.15, 0.2) is 48.8 Å². The van der Waals surface area contributed by atoms with E-state index in [1.807, 2.05) is 50.2 Å². The first-order valence-corrected chi connectivity index (χ1v) is 9.20. The van der Waals surface area contributed by atoms with Gasteiger partial charge in [0.25, 0.3) is 0 Å². The summed E-state index contributed by atoms with van der Waals surface area (Å²) >= 11 is 1.40. The van der Waals surface area contributed by atoms with E-state index in [4.69, 9.17) is 4.74 Å². The number of aryl methyl sites for hydroxylation is 2. The first-order chi connectivity index (χ1) is 13.5. The first kappa shape index (κ1) is 17.8. The van der Waals surface area contributed by atoms with Crippen molar-refractivity contribution < 1.29 is 9.66 Å². The van der Waals surface area contributed by atoms with E-state index in [2.05, 4.69) is 20.3 Å². The van der Waals surface area contributed by atoms with Crippen LogP contribution in [0.5, 0.6) is 11.6 Å². The molecule has 0 saturated carbocycles. The predicted molar refractivity (Wildman–Crippen MR) is 108 cm³/mol. The molecule has 2 aromatic carbocycles. The minimum absolute atomic E-state index is 0.0315. The number of nitrogens with one attached hydrogen (secondary N) is 1. The van der Waals surface area contributed by atoms with Gasteiger partial charge in [0.1, 0.15) is 12.1 Å². The summed E-state index contributed by atoms with van der Waals surface area (Å²) in [6.07, 6.45) is 1.23.